The first-order valence-corrected chi connectivity index (χ1v) is 6.40. The van der Waals surface area contributed by atoms with Crippen LogP contribution >= 0.6 is 0 Å². The molecule has 3 nitrogen and oxygen atoms in total. The van der Waals surface area contributed by atoms with Gasteiger partial charge in [0.1, 0.15) is 0 Å². The molecule has 110 valence electrons. The molecule has 3 N–H and O–H groups in total. The largest absolute Gasteiger partial charge is 0.417 e. The van der Waals surface area contributed by atoms with Gasteiger partial charge in [-0.15, -0.1) is 0 Å². The monoisotopic (exact) mass is 285 g/mol. The summed E-state index contributed by atoms with van der Waals surface area (Å²) >= 11 is 0. The summed E-state index contributed by atoms with van der Waals surface area (Å²) in [4.78, 5) is 0. The maximum atomic E-state index is 12.8. The van der Waals surface area contributed by atoms with Gasteiger partial charge < -0.3 is 11.1 Å². The van der Waals surface area contributed by atoms with Crippen molar-refractivity contribution in [2.45, 2.75) is 38.4 Å². The average molecular weight is 285 g/mol. The highest BCUT2D eigenvalue weighted by atomic mass is 19.4. The van der Waals surface area contributed by atoms with Crippen LogP contribution in [0.3, 0.4) is 0 Å². The number of alkyl halides is 3. The molecule has 0 atom stereocenters. The van der Waals surface area contributed by atoms with Gasteiger partial charge in [-0.25, -0.2) is 0 Å². The molecule has 20 heavy (non-hydrogen) atoms. The Kier molecular flexibility index (Phi) is 5.01. The van der Waals surface area contributed by atoms with Gasteiger partial charge in [0.15, 0.2) is 0 Å². The summed E-state index contributed by atoms with van der Waals surface area (Å²) in [6.45, 7) is 4.25. The fraction of sp³-hybridized carbons (Fsp3) is 0.500. The Labute approximate surface area is 116 Å². The number of hydrogen-bond donors (Lipinski definition) is 2. The first kappa shape index (κ1) is 16.3. The SMILES string of the molecule is CCC(N)(CC)CNc1ccc(C#N)c(C(F)(F)F)c1. The lowest BCUT2D eigenvalue weighted by Crippen LogP contribution is -2.45. The van der Waals surface area contributed by atoms with Gasteiger partial charge in [0.2, 0.25) is 0 Å². The van der Waals surface area contributed by atoms with Crippen LogP contribution in [0.4, 0.5) is 18.9 Å². The van der Waals surface area contributed by atoms with Crippen LogP contribution in [0.5, 0.6) is 0 Å². The summed E-state index contributed by atoms with van der Waals surface area (Å²) in [5, 5.41) is 11.6. The molecule has 1 aromatic carbocycles. The molecule has 6 heteroatoms. The second-order valence-corrected chi connectivity index (χ2v) is 4.79. The Morgan fingerprint density at radius 2 is 1.85 bits per heavy atom. The number of nitrogens with two attached hydrogens (primary N) is 1. The number of nitriles is 1. The molecule has 0 amide bonds. The smallest absolute Gasteiger partial charge is 0.383 e. The van der Waals surface area contributed by atoms with E-state index in [-0.39, 0.29) is 5.56 Å². The number of halogens is 3. The molecule has 0 aliphatic rings. The number of nitrogens with zero attached hydrogens (tertiary/aromatic N) is 1. The zero-order valence-electron chi connectivity index (χ0n) is 11.5. The Balaban J connectivity index is 2.97. The Morgan fingerprint density at radius 3 is 2.30 bits per heavy atom. The van der Waals surface area contributed by atoms with Crippen molar-refractivity contribution in [3.8, 4) is 6.07 Å². The lowest BCUT2D eigenvalue weighted by molar-refractivity contribution is -0.137. The third kappa shape index (κ3) is 3.87. The minimum atomic E-state index is -4.54. The van der Waals surface area contributed by atoms with Gasteiger partial charge in [0, 0.05) is 17.8 Å². The number of rotatable bonds is 5. The zero-order chi connectivity index (χ0) is 15.4. The molecule has 1 aromatic rings. The third-order valence-corrected chi connectivity index (χ3v) is 3.50. The molecule has 0 aliphatic heterocycles. The maximum absolute atomic E-state index is 12.8. The normalized spacial score (nSPS) is 12.1. The molecule has 0 aromatic heterocycles. The number of benzene rings is 1. The Bertz CT molecular complexity index is 499. The first-order chi connectivity index (χ1) is 9.25. The van der Waals surface area contributed by atoms with Crippen LogP contribution in [0.15, 0.2) is 18.2 Å². The molecule has 0 radical (unpaired) electrons. The molecule has 0 aliphatic carbocycles. The standard InChI is InChI=1S/C14H18F3N3/c1-3-13(19,4-2)9-20-11-6-5-10(8-18)12(7-11)14(15,16)17/h5-7,20H,3-4,9,19H2,1-2H3. The minimum Gasteiger partial charge on any atom is -0.383 e. The van der Waals surface area contributed by atoms with Gasteiger partial charge in [0.25, 0.3) is 0 Å². The molecule has 0 bridgehead atoms. The summed E-state index contributed by atoms with van der Waals surface area (Å²) < 4.78 is 38.5. The maximum Gasteiger partial charge on any atom is 0.417 e. The molecule has 0 heterocycles. The Morgan fingerprint density at radius 1 is 1.25 bits per heavy atom. The van der Waals surface area contributed by atoms with Crippen LogP contribution in [-0.4, -0.2) is 12.1 Å². The van der Waals surface area contributed by atoms with E-state index in [0.717, 1.165) is 18.9 Å². The van der Waals surface area contributed by atoms with E-state index in [1.807, 2.05) is 13.8 Å². The molecule has 0 fully saturated rings. The molecule has 0 saturated heterocycles. The van der Waals surface area contributed by atoms with E-state index in [1.165, 1.54) is 12.1 Å². The first-order valence-electron chi connectivity index (χ1n) is 6.40. The van der Waals surface area contributed by atoms with Gasteiger partial charge in [-0.2, -0.15) is 18.4 Å². The summed E-state index contributed by atoms with van der Waals surface area (Å²) in [6.07, 6.45) is -3.10. The summed E-state index contributed by atoms with van der Waals surface area (Å²) in [6, 6.07) is 5.13. The lowest BCUT2D eigenvalue weighted by atomic mass is 9.94. The number of hydrogen-bond acceptors (Lipinski definition) is 3. The van der Waals surface area contributed by atoms with E-state index in [4.69, 9.17) is 11.0 Å². The summed E-state index contributed by atoms with van der Waals surface area (Å²) in [5.41, 5.74) is 4.64. The van der Waals surface area contributed by atoms with E-state index in [9.17, 15) is 13.2 Å². The van der Waals surface area contributed by atoms with E-state index < -0.39 is 17.3 Å². The van der Waals surface area contributed by atoms with Gasteiger partial charge in [-0.3, -0.25) is 0 Å². The minimum absolute atomic E-state index is 0.313. The average Bonchev–Trinajstić information content (AvgIpc) is 2.43. The molecule has 1 rings (SSSR count). The van der Waals surface area contributed by atoms with E-state index in [1.54, 1.807) is 6.07 Å². The van der Waals surface area contributed by atoms with Crippen molar-refractivity contribution in [3.05, 3.63) is 29.3 Å². The number of anilines is 1. The highest BCUT2D eigenvalue weighted by molar-refractivity contribution is 5.53. The van der Waals surface area contributed by atoms with Crippen LogP contribution in [0, 0.1) is 11.3 Å². The van der Waals surface area contributed by atoms with Crippen LogP contribution in [0.1, 0.15) is 37.8 Å². The second kappa shape index (κ2) is 6.14. The van der Waals surface area contributed by atoms with Crippen molar-refractivity contribution in [1.82, 2.24) is 0 Å². The molecular formula is C14H18F3N3. The van der Waals surface area contributed by atoms with Crippen LogP contribution in [0.25, 0.3) is 0 Å². The van der Waals surface area contributed by atoms with Gasteiger partial charge in [-0.1, -0.05) is 13.8 Å². The zero-order valence-corrected chi connectivity index (χ0v) is 11.5. The molecule has 0 saturated carbocycles. The van der Waals surface area contributed by atoms with E-state index in [2.05, 4.69) is 5.32 Å². The predicted octanol–water partition coefficient (Wildman–Crippen LogP) is 3.51. The highest BCUT2D eigenvalue weighted by Crippen LogP contribution is 2.33. The fourth-order valence-electron chi connectivity index (χ4n) is 1.76. The third-order valence-electron chi connectivity index (χ3n) is 3.50. The van der Waals surface area contributed by atoms with Gasteiger partial charge >= 0.3 is 6.18 Å². The lowest BCUT2D eigenvalue weighted by Gasteiger charge is -2.27. The fourth-order valence-corrected chi connectivity index (χ4v) is 1.76. The van der Waals surface area contributed by atoms with Crippen LogP contribution < -0.4 is 11.1 Å². The van der Waals surface area contributed by atoms with E-state index in [0.29, 0.717) is 12.2 Å². The van der Waals surface area contributed by atoms with Crippen LogP contribution in [-0.2, 0) is 6.18 Å². The van der Waals surface area contributed by atoms with Gasteiger partial charge in [-0.05, 0) is 31.0 Å². The van der Waals surface area contributed by atoms with Crippen molar-refractivity contribution in [1.29, 1.82) is 5.26 Å². The number of nitrogens with one attached hydrogen (secondary N) is 1. The highest BCUT2D eigenvalue weighted by Gasteiger charge is 2.34. The topological polar surface area (TPSA) is 61.8 Å². The molecule has 0 unspecified atom stereocenters. The van der Waals surface area contributed by atoms with E-state index >= 15 is 0 Å². The van der Waals surface area contributed by atoms with Crippen molar-refractivity contribution >= 4 is 5.69 Å². The van der Waals surface area contributed by atoms with Crippen molar-refractivity contribution in [2.75, 3.05) is 11.9 Å². The van der Waals surface area contributed by atoms with Crippen molar-refractivity contribution in [2.24, 2.45) is 5.73 Å². The van der Waals surface area contributed by atoms with Gasteiger partial charge in [0.05, 0.1) is 17.2 Å². The molecule has 0 spiro atoms. The van der Waals surface area contributed by atoms with Crippen molar-refractivity contribution in [3.63, 3.8) is 0 Å². The molecular weight excluding hydrogens is 267 g/mol. The van der Waals surface area contributed by atoms with Crippen molar-refractivity contribution < 1.29 is 13.2 Å². The Hall–Kier alpha value is -1.74. The quantitative estimate of drug-likeness (QED) is 0.870. The second-order valence-electron chi connectivity index (χ2n) is 4.79. The predicted molar refractivity (Wildman–Crippen MR) is 72.1 cm³/mol. The summed E-state index contributed by atoms with van der Waals surface area (Å²) in [5.74, 6) is 0. The van der Waals surface area contributed by atoms with Crippen LogP contribution in [0.2, 0.25) is 0 Å². The summed E-state index contributed by atoms with van der Waals surface area (Å²) in [7, 11) is 0.